The van der Waals surface area contributed by atoms with Crippen molar-refractivity contribution in [3.8, 4) is 11.5 Å². The number of hydrogen-bond acceptors (Lipinski definition) is 4. The lowest BCUT2D eigenvalue weighted by molar-refractivity contribution is 0.0533. The average Bonchev–Trinajstić information content (AvgIpc) is 3.22. The smallest absolute Gasteiger partial charge is 0.161 e. The molecule has 0 unspecified atom stereocenters. The third-order valence-electron chi connectivity index (χ3n) is 3.45. The van der Waals surface area contributed by atoms with Crippen LogP contribution in [-0.2, 0) is 0 Å². The second-order valence-corrected chi connectivity index (χ2v) is 4.97. The van der Waals surface area contributed by atoms with Crippen LogP contribution in [0.3, 0.4) is 0 Å². The first-order valence-corrected chi connectivity index (χ1v) is 6.62. The van der Waals surface area contributed by atoms with E-state index in [4.69, 9.17) is 14.6 Å². The molecular formula is C14H19NO3. The van der Waals surface area contributed by atoms with E-state index >= 15 is 0 Å². The average molecular weight is 249 g/mol. The molecule has 2 atom stereocenters. The molecule has 0 radical (unpaired) electrons. The van der Waals surface area contributed by atoms with Gasteiger partial charge in [-0.15, -0.1) is 0 Å². The summed E-state index contributed by atoms with van der Waals surface area (Å²) in [5.41, 5.74) is 0. The number of aliphatic hydroxyl groups is 1. The second-order valence-electron chi connectivity index (χ2n) is 4.97. The molecule has 98 valence electrons. The summed E-state index contributed by atoms with van der Waals surface area (Å²) in [4.78, 5) is 0. The predicted octanol–water partition coefficient (Wildman–Crippen LogP) is 1.33. The first-order chi connectivity index (χ1) is 8.86. The van der Waals surface area contributed by atoms with Gasteiger partial charge in [0.05, 0.1) is 0 Å². The van der Waals surface area contributed by atoms with E-state index in [9.17, 15) is 0 Å². The van der Waals surface area contributed by atoms with Gasteiger partial charge in [-0.05, 0) is 31.4 Å². The molecular weight excluding hydrogens is 230 g/mol. The Bertz CT molecular complexity index is 406. The molecule has 0 bridgehead atoms. The van der Waals surface area contributed by atoms with E-state index in [0.29, 0.717) is 19.1 Å². The molecule has 1 heterocycles. The SMILES string of the molecule is OCC[C@@H](NC1CC1)[C@@H]1COc2ccccc2O1. The summed E-state index contributed by atoms with van der Waals surface area (Å²) in [5.74, 6) is 1.61. The van der Waals surface area contributed by atoms with E-state index in [-0.39, 0.29) is 18.8 Å². The molecule has 1 aromatic rings. The molecule has 1 aliphatic carbocycles. The molecule has 0 amide bonds. The summed E-state index contributed by atoms with van der Waals surface area (Å²) in [6.45, 7) is 0.716. The van der Waals surface area contributed by atoms with Gasteiger partial charge in [0.15, 0.2) is 11.5 Å². The van der Waals surface area contributed by atoms with Gasteiger partial charge in [-0.25, -0.2) is 0 Å². The molecule has 1 aromatic carbocycles. The minimum absolute atomic E-state index is 0.0207. The van der Waals surface area contributed by atoms with Crippen molar-refractivity contribution in [3.05, 3.63) is 24.3 Å². The maximum atomic E-state index is 9.16. The first kappa shape index (κ1) is 11.8. The first-order valence-electron chi connectivity index (χ1n) is 6.62. The number of rotatable bonds is 5. The molecule has 2 aliphatic rings. The molecule has 0 spiro atoms. The number of para-hydroxylation sites is 2. The van der Waals surface area contributed by atoms with Gasteiger partial charge in [0.2, 0.25) is 0 Å². The quantitative estimate of drug-likeness (QED) is 0.826. The third-order valence-corrected chi connectivity index (χ3v) is 3.45. The molecule has 4 heteroatoms. The Labute approximate surface area is 107 Å². The normalized spacial score (nSPS) is 23.7. The van der Waals surface area contributed by atoms with Crippen molar-refractivity contribution in [1.29, 1.82) is 0 Å². The summed E-state index contributed by atoms with van der Waals surface area (Å²) in [6.07, 6.45) is 3.14. The minimum Gasteiger partial charge on any atom is -0.486 e. The van der Waals surface area contributed by atoms with Gasteiger partial charge in [-0.3, -0.25) is 0 Å². The van der Waals surface area contributed by atoms with Crippen LogP contribution < -0.4 is 14.8 Å². The highest BCUT2D eigenvalue weighted by Gasteiger charge is 2.32. The maximum absolute atomic E-state index is 9.16. The van der Waals surface area contributed by atoms with Crippen molar-refractivity contribution in [2.75, 3.05) is 13.2 Å². The van der Waals surface area contributed by atoms with E-state index in [2.05, 4.69) is 5.32 Å². The fraction of sp³-hybridized carbons (Fsp3) is 0.571. The van der Waals surface area contributed by atoms with Gasteiger partial charge in [0, 0.05) is 18.7 Å². The zero-order valence-electron chi connectivity index (χ0n) is 10.3. The number of hydrogen-bond donors (Lipinski definition) is 2. The molecule has 1 aliphatic heterocycles. The zero-order valence-corrected chi connectivity index (χ0v) is 10.3. The van der Waals surface area contributed by atoms with Crippen LogP contribution in [-0.4, -0.2) is 36.5 Å². The predicted molar refractivity (Wildman–Crippen MR) is 68.0 cm³/mol. The van der Waals surface area contributed by atoms with Crippen LogP contribution in [0, 0.1) is 0 Å². The highest BCUT2D eigenvalue weighted by atomic mass is 16.6. The van der Waals surface area contributed by atoms with Gasteiger partial charge in [0.25, 0.3) is 0 Å². The maximum Gasteiger partial charge on any atom is 0.161 e. The van der Waals surface area contributed by atoms with Crippen molar-refractivity contribution >= 4 is 0 Å². The lowest BCUT2D eigenvalue weighted by Gasteiger charge is -2.32. The Balaban J connectivity index is 1.68. The standard InChI is InChI=1S/C14H19NO3/c16-8-7-11(15-10-5-6-10)14-9-17-12-3-1-2-4-13(12)18-14/h1-4,10-11,14-16H,5-9H2/t11-,14+/m1/s1. The Morgan fingerprint density at radius 3 is 2.78 bits per heavy atom. The Hall–Kier alpha value is -1.26. The Kier molecular flexibility index (Phi) is 3.39. The van der Waals surface area contributed by atoms with Crippen molar-refractivity contribution in [3.63, 3.8) is 0 Å². The van der Waals surface area contributed by atoms with E-state index in [1.54, 1.807) is 0 Å². The van der Waals surface area contributed by atoms with Gasteiger partial charge in [-0.2, -0.15) is 0 Å². The monoisotopic (exact) mass is 249 g/mol. The van der Waals surface area contributed by atoms with Gasteiger partial charge in [0.1, 0.15) is 12.7 Å². The molecule has 0 saturated heterocycles. The molecule has 2 N–H and O–H groups in total. The van der Waals surface area contributed by atoms with Crippen LogP contribution in [0.1, 0.15) is 19.3 Å². The summed E-state index contributed by atoms with van der Waals surface area (Å²) in [7, 11) is 0. The van der Waals surface area contributed by atoms with E-state index in [1.807, 2.05) is 24.3 Å². The highest BCUT2D eigenvalue weighted by Crippen LogP contribution is 2.32. The third kappa shape index (κ3) is 2.60. The molecule has 1 fully saturated rings. The fourth-order valence-corrected chi connectivity index (χ4v) is 2.30. The van der Waals surface area contributed by atoms with Crippen molar-refractivity contribution < 1.29 is 14.6 Å². The van der Waals surface area contributed by atoms with Crippen LogP contribution in [0.2, 0.25) is 0 Å². The van der Waals surface area contributed by atoms with Crippen LogP contribution in [0.15, 0.2) is 24.3 Å². The zero-order chi connectivity index (χ0) is 12.4. The Morgan fingerprint density at radius 2 is 2.06 bits per heavy atom. The minimum atomic E-state index is -0.0207. The lowest BCUT2D eigenvalue weighted by Crippen LogP contribution is -2.49. The van der Waals surface area contributed by atoms with Gasteiger partial charge < -0.3 is 19.9 Å². The number of nitrogens with one attached hydrogen (secondary N) is 1. The second kappa shape index (κ2) is 5.16. The lowest BCUT2D eigenvalue weighted by atomic mass is 10.1. The number of ether oxygens (including phenoxy) is 2. The fourth-order valence-electron chi connectivity index (χ4n) is 2.30. The van der Waals surface area contributed by atoms with E-state index in [0.717, 1.165) is 11.5 Å². The number of benzene rings is 1. The van der Waals surface area contributed by atoms with Crippen LogP contribution in [0.5, 0.6) is 11.5 Å². The van der Waals surface area contributed by atoms with E-state index < -0.39 is 0 Å². The van der Waals surface area contributed by atoms with Crippen LogP contribution in [0.25, 0.3) is 0 Å². The van der Waals surface area contributed by atoms with Gasteiger partial charge >= 0.3 is 0 Å². The van der Waals surface area contributed by atoms with Crippen molar-refractivity contribution in [1.82, 2.24) is 5.32 Å². The van der Waals surface area contributed by atoms with Crippen molar-refractivity contribution in [2.24, 2.45) is 0 Å². The van der Waals surface area contributed by atoms with Crippen LogP contribution in [0.4, 0.5) is 0 Å². The van der Waals surface area contributed by atoms with Crippen LogP contribution >= 0.6 is 0 Å². The van der Waals surface area contributed by atoms with E-state index in [1.165, 1.54) is 12.8 Å². The number of aliphatic hydroxyl groups excluding tert-OH is 1. The molecule has 0 aromatic heterocycles. The highest BCUT2D eigenvalue weighted by molar-refractivity contribution is 5.40. The summed E-state index contributed by atoms with van der Waals surface area (Å²) >= 11 is 0. The Morgan fingerprint density at radius 1 is 1.28 bits per heavy atom. The van der Waals surface area contributed by atoms with Gasteiger partial charge in [-0.1, -0.05) is 12.1 Å². The summed E-state index contributed by atoms with van der Waals surface area (Å²) < 4.78 is 11.7. The molecule has 1 saturated carbocycles. The summed E-state index contributed by atoms with van der Waals surface area (Å²) in [5, 5.41) is 12.7. The topological polar surface area (TPSA) is 50.7 Å². The molecule has 3 rings (SSSR count). The van der Waals surface area contributed by atoms with Crippen molar-refractivity contribution in [2.45, 2.75) is 37.5 Å². The molecule has 4 nitrogen and oxygen atoms in total. The molecule has 18 heavy (non-hydrogen) atoms. The summed E-state index contributed by atoms with van der Waals surface area (Å²) in [6, 6.07) is 8.49. The number of fused-ring (bicyclic) bond motifs is 1. The largest absolute Gasteiger partial charge is 0.486 e.